The fourth-order valence-corrected chi connectivity index (χ4v) is 4.00. The molecule has 0 aliphatic carbocycles. The van der Waals surface area contributed by atoms with Crippen LogP contribution >= 0.6 is 11.6 Å². The van der Waals surface area contributed by atoms with E-state index < -0.39 is 24.4 Å². The van der Waals surface area contributed by atoms with E-state index in [4.69, 9.17) is 16.3 Å². The number of ether oxygens (including phenoxy) is 1. The number of nitrogens with one attached hydrogen (secondary N) is 1. The molecule has 1 aliphatic rings. The van der Waals surface area contributed by atoms with Gasteiger partial charge in [0.1, 0.15) is 0 Å². The van der Waals surface area contributed by atoms with Gasteiger partial charge in [0.25, 0.3) is 5.91 Å². The molecule has 0 unspecified atom stereocenters. The SMILES string of the molecule is CCc1cccc(CC)c1N1C[C@H](C(=O)OCC(=O)Nc2cccc(Cl)c2C)CC1=O. The summed E-state index contributed by atoms with van der Waals surface area (Å²) >= 11 is 6.06. The van der Waals surface area contributed by atoms with Crippen LogP contribution in [0.1, 0.15) is 37.0 Å². The number of para-hydroxylation sites is 1. The molecular formula is C24H27ClN2O4. The summed E-state index contributed by atoms with van der Waals surface area (Å²) in [5, 5.41) is 3.23. The molecule has 0 saturated carbocycles. The number of aryl methyl sites for hydroxylation is 2. The molecule has 1 fully saturated rings. The van der Waals surface area contributed by atoms with Gasteiger partial charge in [-0.1, -0.05) is 49.7 Å². The molecule has 1 aliphatic heterocycles. The lowest BCUT2D eigenvalue weighted by Crippen LogP contribution is -2.29. The molecule has 0 aromatic heterocycles. The van der Waals surface area contributed by atoms with Crippen LogP contribution in [0.15, 0.2) is 36.4 Å². The number of anilines is 2. The van der Waals surface area contributed by atoms with E-state index in [0.717, 1.165) is 35.2 Å². The van der Waals surface area contributed by atoms with E-state index in [1.54, 1.807) is 30.0 Å². The van der Waals surface area contributed by atoms with Crippen LogP contribution in [0.25, 0.3) is 0 Å². The highest BCUT2D eigenvalue weighted by Crippen LogP contribution is 2.32. The van der Waals surface area contributed by atoms with Crippen LogP contribution in [0.5, 0.6) is 0 Å². The molecule has 1 heterocycles. The zero-order valence-corrected chi connectivity index (χ0v) is 18.8. The Kier molecular flexibility index (Phi) is 7.33. The first kappa shape index (κ1) is 22.8. The lowest BCUT2D eigenvalue weighted by molar-refractivity contribution is -0.151. The number of hydrogen-bond acceptors (Lipinski definition) is 4. The fourth-order valence-electron chi connectivity index (χ4n) is 3.83. The Morgan fingerprint density at radius 1 is 1.13 bits per heavy atom. The molecule has 1 saturated heterocycles. The number of rotatable bonds is 7. The molecule has 7 heteroatoms. The van der Waals surface area contributed by atoms with Gasteiger partial charge in [-0.2, -0.15) is 0 Å². The van der Waals surface area contributed by atoms with Crippen LogP contribution in [-0.4, -0.2) is 30.9 Å². The summed E-state index contributed by atoms with van der Waals surface area (Å²) in [5.41, 5.74) is 4.37. The molecule has 31 heavy (non-hydrogen) atoms. The Bertz CT molecular complexity index is 983. The normalized spacial score (nSPS) is 15.8. The van der Waals surface area contributed by atoms with Gasteiger partial charge in [-0.15, -0.1) is 0 Å². The van der Waals surface area contributed by atoms with Crippen molar-refractivity contribution in [2.24, 2.45) is 5.92 Å². The lowest BCUT2D eigenvalue weighted by atomic mass is 10.0. The van der Waals surface area contributed by atoms with Crippen molar-refractivity contribution in [3.05, 3.63) is 58.1 Å². The van der Waals surface area contributed by atoms with Crippen molar-refractivity contribution in [3.63, 3.8) is 0 Å². The van der Waals surface area contributed by atoms with E-state index >= 15 is 0 Å². The molecule has 0 spiro atoms. The smallest absolute Gasteiger partial charge is 0.311 e. The van der Waals surface area contributed by atoms with E-state index in [2.05, 4.69) is 5.32 Å². The summed E-state index contributed by atoms with van der Waals surface area (Å²) in [5.74, 6) is -1.69. The van der Waals surface area contributed by atoms with Crippen molar-refractivity contribution in [1.82, 2.24) is 0 Å². The first-order chi connectivity index (χ1) is 14.8. The largest absolute Gasteiger partial charge is 0.455 e. The quantitative estimate of drug-likeness (QED) is 0.648. The Morgan fingerprint density at radius 3 is 2.42 bits per heavy atom. The van der Waals surface area contributed by atoms with Gasteiger partial charge < -0.3 is 15.0 Å². The second kappa shape index (κ2) is 9.96. The predicted molar refractivity (Wildman–Crippen MR) is 121 cm³/mol. The van der Waals surface area contributed by atoms with Crippen molar-refractivity contribution in [3.8, 4) is 0 Å². The topological polar surface area (TPSA) is 75.7 Å². The van der Waals surface area contributed by atoms with Gasteiger partial charge in [0.05, 0.1) is 5.92 Å². The maximum absolute atomic E-state index is 12.7. The fraction of sp³-hybridized carbons (Fsp3) is 0.375. The number of hydrogen-bond donors (Lipinski definition) is 1. The van der Waals surface area contributed by atoms with Gasteiger partial charge in [-0.25, -0.2) is 0 Å². The first-order valence-corrected chi connectivity index (χ1v) is 10.9. The Hall–Kier alpha value is -2.86. The average molecular weight is 443 g/mol. The van der Waals surface area contributed by atoms with Crippen molar-refractivity contribution in [2.75, 3.05) is 23.4 Å². The first-order valence-electron chi connectivity index (χ1n) is 10.5. The third kappa shape index (κ3) is 5.07. The molecule has 2 aromatic carbocycles. The van der Waals surface area contributed by atoms with Crippen LogP contribution in [0, 0.1) is 12.8 Å². The van der Waals surface area contributed by atoms with Gasteiger partial charge in [-0.3, -0.25) is 14.4 Å². The molecule has 2 aromatic rings. The van der Waals surface area contributed by atoms with E-state index in [9.17, 15) is 14.4 Å². The van der Waals surface area contributed by atoms with Gasteiger partial charge in [0, 0.05) is 29.4 Å². The predicted octanol–water partition coefficient (Wildman–Crippen LogP) is 4.31. The number of esters is 1. The maximum atomic E-state index is 12.7. The molecule has 0 radical (unpaired) electrons. The Labute approximate surface area is 187 Å². The minimum absolute atomic E-state index is 0.0784. The maximum Gasteiger partial charge on any atom is 0.311 e. The van der Waals surface area contributed by atoms with Crippen molar-refractivity contribution >= 4 is 40.8 Å². The van der Waals surface area contributed by atoms with E-state index in [-0.39, 0.29) is 18.9 Å². The minimum atomic E-state index is -0.595. The summed E-state index contributed by atoms with van der Waals surface area (Å²) in [4.78, 5) is 39.2. The summed E-state index contributed by atoms with van der Waals surface area (Å²) in [6, 6.07) is 11.2. The number of nitrogens with zero attached hydrogens (tertiary/aromatic N) is 1. The van der Waals surface area contributed by atoms with Crippen LogP contribution in [0.2, 0.25) is 5.02 Å². The summed E-state index contributed by atoms with van der Waals surface area (Å²) in [7, 11) is 0. The van der Waals surface area contributed by atoms with Gasteiger partial charge in [-0.05, 0) is 48.6 Å². The number of carbonyl (C=O) groups is 3. The zero-order valence-electron chi connectivity index (χ0n) is 18.0. The van der Waals surface area contributed by atoms with Crippen LogP contribution < -0.4 is 10.2 Å². The van der Waals surface area contributed by atoms with E-state index in [0.29, 0.717) is 10.7 Å². The molecule has 0 bridgehead atoms. The number of benzene rings is 2. The standard InChI is InChI=1S/C24H27ClN2O4/c1-4-16-8-6-9-17(5-2)23(16)27-13-18(12-22(27)29)24(30)31-14-21(28)26-20-11-7-10-19(25)15(20)3/h6-11,18H,4-5,12-14H2,1-3H3,(H,26,28)/t18-/m1/s1. The number of halogens is 1. The third-order valence-corrected chi connectivity index (χ3v) is 5.99. The molecule has 1 atom stereocenters. The van der Waals surface area contributed by atoms with Gasteiger partial charge >= 0.3 is 5.97 Å². The van der Waals surface area contributed by atoms with Crippen molar-refractivity contribution in [2.45, 2.75) is 40.0 Å². The zero-order chi connectivity index (χ0) is 22.5. The minimum Gasteiger partial charge on any atom is -0.455 e. The molecule has 164 valence electrons. The highest BCUT2D eigenvalue weighted by molar-refractivity contribution is 6.31. The summed E-state index contributed by atoms with van der Waals surface area (Å²) < 4.78 is 5.21. The highest BCUT2D eigenvalue weighted by atomic mass is 35.5. The highest BCUT2D eigenvalue weighted by Gasteiger charge is 2.37. The van der Waals surface area contributed by atoms with Crippen LogP contribution in [0.3, 0.4) is 0 Å². The number of amides is 2. The average Bonchev–Trinajstić information content (AvgIpc) is 3.15. The second-order valence-electron chi connectivity index (χ2n) is 7.61. The molecule has 6 nitrogen and oxygen atoms in total. The summed E-state index contributed by atoms with van der Waals surface area (Å²) in [6.07, 6.45) is 1.67. The van der Waals surface area contributed by atoms with Gasteiger partial charge in [0.15, 0.2) is 6.61 Å². The van der Waals surface area contributed by atoms with Crippen molar-refractivity contribution < 1.29 is 19.1 Å². The van der Waals surface area contributed by atoms with E-state index in [1.165, 1.54) is 0 Å². The third-order valence-electron chi connectivity index (χ3n) is 5.58. The van der Waals surface area contributed by atoms with E-state index in [1.807, 2.05) is 32.0 Å². The lowest BCUT2D eigenvalue weighted by Gasteiger charge is -2.23. The molecular weight excluding hydrogens is 416 g/mol. The Balaban J connectivity index is 1.62. The van der Waals surface area contributed by atoms with Gasteiger partial charge in [0.2, 0.25) is 5.91 Å². The Morgan fingerprint density at radius 2 is 1.77 bits per heavy atom. The number of carbonyl (C=O) groups excluding carboxylic acids is 3. The summed E-state index contributed by atoms with van der Waals surface area (Å²) in [6.45, 7) is 5.73. The van der Waals surface area contributed by atoms with Crippen LogP contribution in [0.4, 0.5) is 11.4 Å². The monoisotopic (exact) mass is 442 g/mol. The molecule has 3 rings (SSSR count). The van der Waals surface area contributed by atoms with Crippen LogP contribution in [-0.2, 0) is 32.0 Å². The second-order valence-corrected chi connectivity index (χ2v) is 8.01. The molecule has 2 amide bonds. The molecule has 1 N–H and O–H groups in total. The van der Waals surface area contributed by atoms with Crippen molar-refractivity contribution in [1.29, 1.82) is 0 Å².